The van der Waals surface area contributed by atoms with Crippen molar-refractivity contribution < 1.29 is 9.21 Å². The number of carbonyl (C=O) groups is 1. The quantitative estimate of drug-likeness (QED) is 0.425. The maximum Gasteiger partial charge on any atom is 0.228 e. The Bertz CT molecular complexity index is 1310. The summed E-state index contributed by atoms with van der Waals surface area (Å²) in [5.74, 6) is 0.600. The second-order valence-corrected chi connectivity index (χ2v) is 8.91. The molecule has 2 aromatic heterocycles. The molecule has 5 rings (SSSR count). The van der Waals surface area contributed by atoms with E-state index < -0.39 is 0 Å². The molecule has 34 heavy (non-hydrogen) atoms. The number of rotatable bonds is 7. The van der Waals surface area contributed by atoms with Crippen molar-refractivity contribution in [1.82, 2.24) is 20.2 Å². The van der Waals surface area contributed by atoms with E-state index in [1.807, 2.05) is 79.7 Å². The number of benzene rings is 2. The average molecular weight is 456 g/mol. The number of carbonyl (C=O) groups excluding carboxylic acids is 1. The minimum absolute atomic E-state index is 0.0811. The second kappa shape index (κ2) is 9.75. The third-order valence-corrected chi connectivity index (χ3v) is 6.13. The highest BCUT2D eigenvalue weighted by Crippen LogP contribution is 2.25. The van der Waals surface area contributed by atoms with Gasteiger partial charge in [0.15, 0.2) is 17.0 Å². The Morgan fingerprint density at radius 3 is 2.68 bits per heavy atom. The number of Topliss-reactive ketones (excluding diaryl/α,β-unsaturated/α-hetero) is 1. The molecule has 7 nitrogen and oxygen atoms in total. The van der Waals surface area contributed by atoms with Gasteiger partial charge in [-0.05, 0) is 42.0 Å². The summed E-state index contributed by atoms with van der Waals surface area (Å²) in [5.41, 5.74) is 5.76. The van der Waals surface area contributed by atoms with Crippen LogP contribution >= 0.6 is 0 Å². The first-order valence-corrected chi connectivity index (χ1v) is 11.6. The largest absolute Gasteiger partial charge is 0.434 e. The second-order valence-electron chi connectivity index (χ2n) is 8.91. The van der Waals surface area contributed by atoms with Crippen LogP contribution in [0.5, 0.6) is 0 Å². The van der Waals surface area contributed by atoms with E-state index >= 15 is 0 Å². The number of pyridine rings is 1. The predicted octanol–water partition coefficient (Wildman–Crippen LogP) is 3.79. The molecule has 0 unspecified atom stereocenters. The van der Waals surface area contributed by atoms with Gasteiger partial charge < -0.3 is 14.6 Å². The highest BCUT2D eigenvalue weighted by atomic mass is 16.3. The first kappa shape index (κ1) is 22.3. The molecule has 7 heteroatoms. The topological polar surface area (TPSA) is 74.5 Å². The Balaban J connectivity index is 1.33. The fourth-order valence-electron chi connectivity index (χ4n) is 4.23. The van der Waals surface area contributed by atoms with Crippen LogP contribution in [0.2, 0.25) is 0 Å². The van der Waals surface area contributed by atoms with Crippen molar-refractivity contribution in [3.8, 4) is 11.5 Å². The summed E-state index contributed by atoms with van der Waals surface area (Å²) in [7, 11) is 3.94. The lowest BCUT2D eigenvalue weighted by Crippen LogP contribution is -2.43. The molecule has 0 radical (unpaired) electrons. The summed E-state index contributed by atoms with van der Waals surface area (Å²) in [6.07, 6.45) is 0.318. The van der Waals surface area contributed by atoms with Gasteiger partial charge in [-0.2, -0.15) is 4.98 Å². The molecule has 1 N–H and O–H groups in total. The lowest BCUT2D eigenvalue weighted by atomic mass is 10.0. The van der Waals surface area contributed by atoms with Crippen molar-refractivity contribution >= 4 is 22.7 Å². The average Bonchev–Trinajstić information content (AvgIpc) is 3.28. The fraction of sp³-hybridized carbons (Fsp3) is 0.296. The molecule has 3 heterocycles. The van der Waals surface area contributed by atoms with Crippen molar-refractivity contribution in [1.29, 1.82) is 0 Å². The fourth-order valence-corrected chi connectivity index (χ4v) is 4.23. The van der Waals surface area contributed by atoms with Crippen molar-refractivity contribution in [2.45, 2.75) is 13.0 Å². The van der Waals surface area contributed by atoms with Gasteiger partial charge >= 0.3 is 0 Å². The number of fused-ring (bicyclic) bond motifs is 1. The molecular weight excluding hydrogens is 426 g/mol. The van der Waals surface area contributed by atoms with E-state index in [2.05, 4.69) is 15.2 Å². The van der Waals surface area contributed by atoms with Gasteiger partial charge in [-0.15, -0.1) is 0 Å². The van der Waals surface area contributed by atoms with Crippen LogP contribution in [0.15, 0.2) is 65.1 Å². The first-order chi connectivity index (χ1) is 16.5. The lowest BCUT2D eigenvalue weighted by molar-refractivity contribution is 0.0993. The van der Waals surface area contributed by atoms with Crippen molar-refractivity contribution in [2.75, 3.05) is 45.2 Å². The van der Waals surface area contributed by atoms with E-state index in [-0.39, 0.29) is 5.78 Å². The van der Waals surface area contributed by atoms with Crippen molar-refractivity contribution in [3.63, 3.8) is 0 Å². The van der Waals surface area contributed by atoms with Gasteiger partial charge in [0.25, 0.3) is 0 Å². The summed E-state index contributed by atoms with van der Waals surface area (Å²) < 4.78 is 6.00. The number of oxazole rings is 1. The van der Waals surface area contributed by atoms with Crippen LogP contribution in [0, 0.1) is 0 Å². The molecule has 0 amide bonds. The zero-order chi connectivity index (χ0) is 23.5. The van der Waals surface area contributed by atoms with Crippen LogP contribution in [-0.4, -0.2) is 60.9 Å². The number of hydrogen-bond acceptors (Lipinski definition) is 7. The van der Waals surface area contributed by atoms with E-state index in [1.54, 1.807) is 0 Å². The van der Waals surface area contributed by atoms with Gasteiger partial charge in [0.05, 0.1) is 5.69 Å². The van der Waals surface area contributed by atoms with Crippen molar-refractivity contribution in [3.05, 3.63) is 77.5 Å². The SMILES string of the molecule is CN(C)c1cccc(C(=O)Cc2cccc(-c3nc4nc(CN5CCNCC5)ccc4o3)c2)c1. The smallest absolute Gasteiger partial charge is 0.228 e. The minimum atomic E-state index is 0.0811. The number of nitrogens with one attached hydrogen (secondary N) is 1. The Morgan fingerprint density at radius 2 is 1.85 bits per heavy atom. The zero-order valence-electron chi connectivity index (χ0n) is 19.6. The maximum absolute atomic E-state index is 12.9. The predicted molar refractivity (Wildman–Crippen MR) is 134 cm³/mol. The first-order valence-electron chi connectivity index (χ1n) is 11.6. The number of aromatic nitrogens is 2. The standard InChI is InChI=1S/C27H29N5O2/c1-31(2)23-8-4-6-20(17-23)24(33)16-19-5-3-7-21(15-19)27-30-26-25(34-27)10-9-22(29-26)18-32-13-11-28-12-14-32/h3-10,15,17,28H,11-14,16,18H2,1-2H3. The van der Waals surface area contributed by atoms with Gasteiger partial charge in [-0.25, -0.2) is 4.98 Å². The number of ketones is 1. The molecule has 0 saturated carbocycles. The molecule has 1 saturated heterocycles. The Morgan fingerprint density at radius 1 is 1.03 bits per heavy atom. The molecule has 2 aromatic carbocycles. The number of nitrogens with zero attached hydrogens (tertiary/aromatic N) is 4. The molecule has 1 aliphatic heterocycles. The summed E-state index contributed by atoms with van der Waals surface area (Å²) in [6, 6.07) is 19.5. The van der Waals surface area contributed by atoms with E-state index in [0.717, 1.165) is 55.2 Å². The van der Waals surface area contributed by atoms with Crippen LogP contribution in [0.4, 0.5) is 5.69 Å². The summed E-state index contributed by atoms with van der Waals surface area (Å²) >= 11 is 0. The van der Waals surface area contributed by atoms with Gasteiger partial charge in [0, 0.05) is 70.1 Å². The van der Waals surface area contributed by atoms with E-state index in [0.29, 0.717) is 29.1 Å². The molecule has 0 spiro atoms. The molecular formula is C27H29N5O2. The molecule has 0 atom stereocenters. The molecule has 1 fully saturated rings. The van der Waals surface area contributed by atoms with Crippen LogP contribution in [0.25, 0.3) is 22.7 Å². The van der Waals surface area contributed by atoms with Crippen LogP contribution in [-0.2, 0) is 13.0 Å². The highest BCUT2D eigenvalue weighted by molar-refractivity contribution is 5.98. The minimum Gasteiger partial charge on any atom is -0.434 e. The highest BCUT2D eigenvalue weighted by Gasteiger charge is 2.15. The molecule has 0 aliphatic carbocycles. The van der Waals surface area contributed by atoms with Crippen LogP contribution in [0.1, 0.15) is 21.6 Å². The summed E-state index contributed by atoms with van der Waals surface area (Å²) in [6.45, 7) is 4.88. The monoisotopic (exact) mass is 455 g/mol. The van der Waals surface area contributed by atoms with Crippen molar-refractivity contribution in [2.24, 2.45) is 0 Å². The molecule has 4 aromatic rings. The van der Waals surface area contributed by atoms with Gasteiger partial charge in [0.2, 0.25) is 5.89 Å². The third-order valence-electron chi connectivity index (χ3n) is 6.13. The Labute approximate surface area is 199 Å². The summed E-state index contributed by atoms with van der Waals surface area (Å²) in [5, 5.41) is 3.37. The Kier molecular flexibility index (Phi) is 6.38. The normalized spacial score (nSPS) is 14.4. The molecule has 0 bridgehead atoms. The van der Waals surface area contributed by atoms with E-state index in [9.17, 15) is 4.79 Å². The maximum atomic E-state index is 12.9. The lowest BCUT2D eigenvalue weighted by Gasteiger charge is -2.26. The van der Waals surface area contributed by atoms with Crippen LogP contribution in [0.3, 0.4) is 0 Å². The number of piperazine rings is 1. The van der Waals surface area contributed by atoms with Gasteiger partial charge in [-0.1, -0.05) is 24.3 Å². The zero-order valence-corrected chi connectivity index (χ0v) is 19.6. The van der Waals surface area contributed by atoms with Crippen LogP contribution < -0.4 is 10.2 Å². The van der Waals surface area contributed by atoms with Gasteiger partial charge in [0.1, 0.15) is 0 Å². The van der Waals surface area contributed by atoms with E-state index in [1.165, 1.54) is 0 Å². The Hall–Kier alpha value is -3.55. The summed E-state index contributed by atoms with van der Waals surface area (Å²) in [4.78, 5) is 26.7. The molecule has 174 valence electrons. The number of hydrogen-bond donors (Lipinski definition) is 1. The van der Waals surface area contributed by atoms with Gasteiger partial charge in [-0.3, -0.25) is 9.69 Å². The van der Waals surface area contributed by atoms with E-state index in [4.69, 9.17) is 9.40 Å². The third kappa shape index (κ3) is 5.00. The number of anilines is 1. The molecule has 1 aliphatic rings.